The fourth-order valence-corrected chi connectivity index (χ4v) is 3.64. The first-order valence-electron chi connectivity index (χ1n) is 10.7. The number of piperazine rings is 1. The van der Waals surface area contributed by atoms with Crippen LogP contribution in [0.15, 0.2) is 40.8 Å². The summed E-state index contributed by atoms with van der Waals surface area (Å²) in [5.41, 5.74) is 1.16. The van der Waals surface area contributed by atoms with Crippen LogP contribution in [0.25, 0.3) is 0 Å². The maximum atomic E-state index is 12.5. The normalized spacial score (nSPS) is 14.4. The van der Waals surface area contributed by atoms with E-state index in [9.17, 15) is 14.4 Å². The van der Waals surface area contributed by atoms with Crippen LogP contribution in [-0.2, 0) is 4.79 Å². The van der Waals surface area contributed by atoms with Gasteiger partial charge >= 0.3 is 0 Å². The Balaban J connectivity index is 1.50. The van der Waals surface area contributed by atoms with Crippen LogP contribution in [0.5, 0.6) is 0 Å². The summed E-state index contributed by atoms with van der Waals surface area (Å²) in [5.74, 6) is 0.749. The standard InChI is InChI=1S/C23H30N4O4/c1-4-26(5-2)22(29)18-7-6-8-19(15-18)24-21(28)16-25-11-13-27(14-12-25)23(30)20-10-9-17(3)31-20/h6-10,15H,4-5,11-14,16H2,1-3H3,(H,24,28). The molecule has 1 aliphatic heterocycles. The first-order chi connectivity index (χ1) is 14.9. The summed E-state index contributed by atoms with van der Waals surface area (Å²) in [7, 11) is 0. The van der Waals surface area contributed by atoms with Crippen LogP contribution in [0.4, 0.5) is 5.69 Å². The minimum Gasteiger partial charge on any atom is -0.456 e. The third kappa shape index (κ3) is 5.73. The number of nitrogens with zero attached hydrogens (tertiary/aromatic N) is 3. The number of anilines is 1. The Morgan fingerprint density at radius 2 is 1.74 bits per heavy atom. The zero-order chi connectivity index (χ0) is 22.4. The largest absolute Gasteiger partial charge is 0.456 e. The van der Waals surface area contributed by atoms with Crippen molar-refractivity contribution >= 4 is 23.4 Å². The van der Waals surface area contributed by atoms with Gasteiger partial charge in [-0.1, -0.05) is 6.07 Å². The number of hydrogen-bond acceptors (Lipinski definition) is 5. The number of amides is 3. The molecule has 0 radical (unpaired) electrons. The van der Waals surface area contributed by atoms with Gasteiger partial charge in [0.05, 0.1) is 6.54 Å². The third-order valence-electron chi connectivity index (χ3n) is 5.42. The fraction of sp³-hybridized carbons (Fsp3) is 0.435. The number of hydrogen-bond donors (Lipinski definition) is 1. The van der Waals surface area contributed by atoms with Gasteiger partial charge in [-0.2, -0.15) is 0 Å². The molecule has 8 nitrogen and oxygen atoms in total. The van der Waals surface area contributed by atoms with Crippen molar-refractivity contribution in [1.29, 1.82) is 0 Å². The van der Waals surface area contributed by atoms with Gasteiger partial charge in [0.2, 0.25) is 5.91 Å². The molecule has 0 atom stereocenters. The second-order valence-electron chi connectivity index (χ2n) is 7.59. The Morgan fingerprint density at radius 1 is 1.03 bits per heavy atom. The molecule has 0 aliphatic carbocycles. The third-order valence-corrected chi connectivity index (χ3v) is 5.42. The van der Waals surface area contributed by atoms with E-state index in [0.717, 1.165) is 0 Å². The van der Waals surface area contributed by atoms with Gasteiger partial charge in [-0.25, -0.2) is 0 Å². The summed E-state index contributed by atoms with van der Waals surface area (Å²) in [5, 5.41) is 2.88. The molecule has 0 saturated carbocycles. The molecule has 1 aromatic heterocycles. The molecule has 31 heavy (non-hydrogen) atoms. The van der Waals surface area contributed by atoms with E-state index in [1.165, 1.54) is 0 Å². The second kappa shape index (κ2) is 10.3. The molecule has 1 aliphatic rings. The van der Waals surface area contributed by atoms with E-state index in [-0.39, 0.29) is 24.3 Å². The fourth-order valence-electron chi connectivity index (χ4n) is 3.64. The van der Waals surface area contributed by atoms with E-state index >= 15 is 0 Å². The van der Waals surface area contributed by atoms with E-state index in [0.29, 0.717) is 62.0 Å². The van der Waals surface area contributed by atoms with Crippen LogP contribution < -0.4 is 5.32 Å². The molecule has 0 spiro atoms. The van der Waals surface area contributed by atoms with E-state index in [2.05, 4.69) is 5.32 Å². The summed E-state index contributed by atoms with van der Waals surface area (Å²) in [6.45, 7) is 9.50. The Morgan fingerprint density at radius 3 is 2.35 bits per heavy atom. The Hall–Kier alpha value is -3.13. The maximum Gasteiger partial charge on any atom is 0.289 e. The molecule has 1 aromatic carbocycles. The van der Waals surface area contributed by atoms with Crippen molar-refractivity contribution in [3.8, 4) is 0 Å². The minimum atomic E-state index is -0.145. The Labute approximate surface area is 182 Å². The molecule has 0 bridgehead atoms. The SMILES string of the molecule is CCN(CC)C(=O)c1cccc(NC(=O)CN2CCN(C(=O)c3ccc(C)o3)CC2)c1. The van der Waals surface area contributed by atoms with Crippen molar-refractivity contribution in [1.82, 2.24) is 14.7 Å². The monoisotopic (exact) mass is 426 g/mol. The maximum absolute atomic E-state index is 12.5. The quantitative estimate of drug-likeness (QED) is 0.735. The number of carbonyl (C=O) groups is 3. The van der Waals surface area contributed by atoms with Crippen LogP contribution in [0.1, 0.15) is 40.5 Å². The van der Waals surface area contributed by atoms with Gasteiger partial charge in [-0.05, 0) is 51.1 Å². The molecule has 8 heteroatoms. The van der Waals surface area contributed by atoms with Crippen molar-refractivity contribution in [2.45, 2.75) is 20.8 Å². The van der Waals surface area contributed by atoms with Crippen LogP contribution in [-0.4, -0.2) is 78.2 Å². The van der Waals surface area contributed by atoms with Crippen molar-refractivity contribution in [3.63, 3.8) is 0 Å². The van der Waals surface area contributed by atoms with Gasteiger partial charge in [0.15, 0.2) is 5.76 Å². The van der Waals surface area contributed by atoms with Gasteiger partial charge in [0.25, 0.3) is 11.8 Å². The lowest BCUT2D eigenvalue weighted by Crippen LogP contribution is -2.50. The van der Waals surface area contributed by atoms with Gasteiger partial charge in [0.1, 0.15) is 5.76 Å². The molecular formula is C23H30N4O4. The van der Waals surface area contributed by atoms with Gasteiger partial charge < -0.3 is 19.5 Å². The molecule has 1 fully saturated rings. The highest BCUT2D eigenvalue weighted by Crippen LogP contribution is 2.14. The van der Waals surface area contributed by atoms with Crippen molar-refractivity contribution < 1.29 is 18.8 Å². The van der Waals surface area contributed by atoms with Crippen LogP contribution in [0.2, 0.25) is 0 Å². The molecule has 1 saturated heterocycles. The van der Waals surface area contributed by atoms with Crippen molar-refractivity contribution in [2.24, 2.45) is 0 Å². The lowest BCUT2D eigenvalue weighted by atomic mass is 10.1. The zero-order valence-electron chi connectivity index (χ0n) is 18.4. The molecule has 2 heterocycles. The molecule has 0 unspecified atom stereocenters. The smallest absolute Gasteiger partial charge is 0.289 e. The van der Waals surface area contributed by atoms with Crippen LogP contribution in [0.3, 0.4) is 0 Å². The number of carbonyl (C=O) groups excluding carboxylic acids is 3. The highest BCUT2D eigenvalue weighted by Gasteiger charge is 2.25. The summed E-state index contributed by atoms with van der Waals surface area (Å²) in [6.07, 6.45) is 0. The summed E-state index contributed by atoms with van der Waals surface area (Å²) >= 11 is 0. The molecule has 3 amide bonds. The molecule has 3 rings (SSSR count). The van der Waals surface area contributed by atoms with Crippen molar-refractivity contribution in [3.05, 3.63) is 53.5 Å². The van der Waals surface area contributed by atoms with E-state index in [1.807, 2.05) is 25.7 Å². The molecule has 2 aromatic rings. The highest BCUT2D eigenvalue weighted by atomic mass is 16.3. The zero-order valence-corrected chi connectivity index (χ0v) is 18.4. The average Bonchev–Trinajstić information content (AvgIpc) is 3.21. The predicted molar refractivity (Wildman–Crippen MR) is 118 cm³/mol. The summed E-state index contributed by atoms with van der Waals surface area (Å²) in [6, 6.07) is 10.5. The first-order valence-corrected chi connectivity index (χ1v) is 10.7. The lowest BCUT2D eigenvalue weighted by Gasteiger charge is -2.33. The topological polar surface area (TPSA) is 86.1 Å². The van der Waals surface area contributed by atoms with Gasteiger partial charge in [-0.3, -0.25) is 19.3 Å². The average molecular weight is 427 g/mol. The van der Waals surface area contributed by atoms with Crippen molar-refractivity contribution in [2.75, 3.05) is 51.1 Å². The second-order valence-corrected chi connectivity index (χ2v) is 7.59. The summed E-state index contributed by atoms with van der Waals surface area (Å²) in [4.78, 5) is 43.0. The van der Waals surface area contributed by atoms with Crippen LogP contribution >= 0.6 is 0 Å². The molecule has 1 N–H and O–H groups in total. The molecule has 166 valence electrons. The van der Waals surface area contributed by atoms with E-state index in [1.54, 1.807) is 46.2 Å². The Kier molecular flexibility index (Phi) is 7.46. The number of nitrogens with one attached hydrogen (secondary N) is 1. The minimum absolute atomic E-state index is 0.0476. The molecular weight excluding hydrogens is 396 g/mol. The first kappa shape index (κ1) is 22.6. The predicted octanol–water partition coefficient (Wildman–Crippen LogP) is 2.47. The number of furan rings is 1. The number of benzene rings is 1. The van der Waals surface area contributed by atoms with Crippen LogP contribution in [0, 0.1) is 6.92 Å². The van der Waals surface area contributed by atoms with Gasteiger partial charge in [-0.15, -0.1) is 0 Å². The number of rotatable bonds is 7. The summed E-state index contributed by atoms with van der Waals surface area (Å²) < 4.78 is 5.42. The van der Waals surface area contributed by atoms with E-state index in [4.69, 9.17) is 4.42 Å². The Bertz CT molecular complexity index is 927. The van der Waals surface area contributed by atoms with Gasteiger partial charge in [0, 0.05) is 50.5 Å². The number of aryl methyl sites for hydroxylation is 1. The van der Waals surface area contributed by atoms with E-state index < -0.39 is 0 Å². The lowest BCUT2D eigenvalue weighted by molar-refractivity contribution is -0.117. The highest BCUT2D eigenvalue weighted by molar-refractivity contribution is 5.97.